The minimum Gasteiger partial charge on any atom is -0.462 e. The molecule has 0 aromatic heterocycles. The normalized spacial score (nSPS) is 13.8. The van der Waals surface area contributed by atoms with Crippen LogP contribution in [0.25, 0.3) is 0 Å². The van der Waals surface area contributed by atoms with Gasteiger partial charge in [0, 0.05) is 25.7 Å². The third-order valence-electron chi connectivity index (χ3n) is 19.3. The van der Waals surface area contributed by atoms with Crippen molar-refractivity contribution in [3.8, 4) is 0 Å². The number of carbonyl (C=O) groups is 4. The second-order valence-electron chi connectivity index (χ2n) is 30.0. The fourth-order valence-electron chi connectivity index (χ4n) is 12.8. The lowest BCUT2D eigenvalue weighted by atomic mass is 10.0. The summed E-state index contributed by atoms with van der Waals surface area (Å²) in [5.41, 5.74) is 0. The summed E-state index contributed by atoms with van der Waals surface area (Å²) in [5, 5.41) is 10.6. The van der Waals surface area contributed by atoms with Crippen LogP contribution in [0.5, 0.6) is 0 Å². The largest absolute Gasteiger partial charge is 0.472 e. The second-order valence-corrected chi connectivity index (χ2v) is 32.9. The minimum absolute atomic E-state index is 0.109. The molecule has 0 fully saturated rings. The van der Waals surface area contributed by atoms with E-state index < -0.39 is 97.5 Å². The van der Waals surface area contributed by atoms with Gasteiger partial charge in [-0.1, -0.05) is 388 Å². The zero-order chi connectivity index (χ0) is 74.1. The summed E-state index contributed by atoms with van der Waals surface area (Å²) < 4.78 is 68.7. The lowest BCUT2D eigenvalue weighted by Crippen LogP contribution is -2.30. The van der Waals surface area contributed by atoms with Crippen molar-refractivity contribution in [1.29, 1.82) is 0 Å². The minimum atomic E-state index is -4.96. The number of carbonyl (C=O) groups excluding carboxylic acids is 4. The molecule has 101 heavy (non-hydrogen) atoms. The number of ether oxygens (including phenoxy) is 4. The van der Waals surface area contributed by atoms with E-state index in [-0.39, 0.29) is 25.7 Å². The third-order valence-corrected chi connectivity index (χ3v) is 21.2. The molecule has 19 heteroatoms. The topological polar surface area (TPSA) is 237 Å². The van der Waals surface area contributed by atoms with Gasteiger partial charge in [-0.3, -0.25) is 37.3 Å². The summed E-state index contributed by atoms with van der Waals surface area (Å²) in [6, 6.07) is 0. The molecule has 0 bridgehead atoms. The van der Waals surface area contributed by atoms with Gasteiger partial charge in [-0.2, -0.15) is 0 Å². The number of unbranched alkanes of at least 4 members (excludes halogenated alkanes) is 54. The van der Waals surface area contributed by atoms with Crippen molar-refractivity contribution in [3.05, 3.63) is 0 Å². The van der Waals surface area contributed by atoms with Gasteiger partial charge < -0.3 is 33.8 Å². The van der Waals surface area contributed by atoms with Crippen molar-refractivity contribution in [2.24, 2.45) is 5.92 Å². The van der Waals surface area contributed by atoms with Crippen molar-refractivity contribution in [1.82, 2.24) is 0 Å². The summed E-state index contributed by atoms with van der Waals surface area (Å²) in [5.74, 6) is -1.30. The van der Waals surface area contributed by atoms with Crippen LogP contribution in [0.3, 0.4) is 0 Å². The fraction of sp³-hybridized carbons (Fsp3) is 0.951. The van der Waals surface area contributed by atoms with Crippen LogP contribution in [0.15, 0.2) is 0 Å². The van der Waals surface area contributed by atoms with Gasteiger partial charge in [0.2, 0.25) is 0 Å². The Labute approximate surface area is 619 Å². The zero-order valence-electron chi connectivity index (χ0n) is 66.1. The molecule has 3 N–H and O–H groups in total. The van der Waals surface area contributed by atoms with Gasteiger partial charge >= 0.3 is 39.5 Å². The van der Waals surface area contributed by atoms with Gasteiger partial charge in [0.05, 0.1) is 26.4 Å². The molecule has 0 radical (unpaired) electrons. The Morgan fingerprint density at radius 1 is 0.267 bits per heavy atom. The number of phosphoric acid groups is 2. The monoisotopic (exact) mass is 1480 g/mol. The molecule has 0 saturated carbocycles. The van der Waals surface area contributed by atoms with Crippen molar-refractivity contribution in [3.63, 3.8) is 0 Å². The quantitative estimate of drug-likeness (QED) is 0.0222. The molecule has 0 aliphatic heterocycles. The van der Waals surface area contributed by atoms with E-state index in [0.717, 1.165) is 95.8 Å². The van der Waals surface area contributed by atoms with E-state index in [1.54, 1.807) is 0 Å². The van der Waals surface area contributed by atoms with E-state index in [4.69, 9.17) is 37.0 Å². The van der Waals surface area contributed by atoms with Gasteiger partial charge in [0.15, 0.2) is 12.2 Å². The molecule has 17 nitrogen and oxygen atoms in total. The number of hydrogen-bond donors (Lipinski definition) is 3. The molecule has 0 aliphatic carbocycles. The molecule has 0 amide bonds. The van der Waals surface area contributed by atoms with Crippen LogP contribution in [-0.2, 0) is 65.4 Å². The van der Waals surface area contributed by atoms with Crippen molar-refractivity contribution >= 4 is 39.5 Å². The summed E-state index contributed by atoms with van der Waals surface area (Å²) in [6.07, 6.45) is 66.6. The Morgan fingerprint density at radius 2 is 0.455 bits per heavy atom. The first-order chi connectivity index (χ1) is 49.0. The van der Waals surface area contributed by atoms with Crippen molar-refractivity contribution in [2.75, 3.05) is 39.6 Å². The van der Waals surface area contributed by atoms with Gasteiger partial charge in [-0.15, -0.1) is 0 Å². The first-order valence-corrected chi connectivity index (χ1v) is 45.6. The first kappa shape index (κ1) is 99.1. The molecule has 600 valence electrons. The Hall–Kier alpha value is -1.94. The summed E-state index contributed by atoms with van der Waals surface area (Å²) in [4.78, 5) is 73.0. The molecule has 0 rings (SSSR count). The number of hydrogen-bond acceptors (Lipinski definition) is 15. The summed E-state index contributed by atoms with van der Waals surface area (Å²) in [7, 11) is -9.92. The number of phosphoric ester groups is 2. The lowest BCUT2D eigenvalue weighted by Gasteiger charge is -2.21. The molecule has 0 spiro atoms. The highest BCUT2D eigenvalue weighted by Crippen LogP contribution is 2.45. The Balaban J connectivity index is 5.22. The summed E-state index contributed by atoms with van der Waals surface area (Å²) in [6.45, 7) is 7.36. The first-order valence-electron chi connectivity index (χ1n) is 42.6. The highest BCUT2D eigenvalue weighted by molar-refractivity contribution is 7.47. The van der Waals surface area contributed by atoms with Gasteiger partial charge in [0.1, 0.15) is 19.3 Å². The van der Waals surface area contributed by atoms with Crippen LogP contribution in [-0.4, -0.2) is 96.7 Å². The van der Waals surface area contributed by atoms with Crippen molar-refractivity contribution < 1.29 is 80.2 Å². The molecule has 0 aromatic rings. The fourth-order valence-corrected chi connectivity index (χ4v) is 14.3. The Bertz CT molecular complexity index is 1930. The second kappa shape index (κ2) is 74.9. The van der Waals surface area contributed by atoms with Crippen LogP contribution < -0.4 is 0 Å². The Kier molecular flexibility index (Phi) is 73.5. The predicted octanol–water partition coefficient (Wildman–Crippen LogP) is 24.8. The average molecular weight is 1480 g/mol. The van der Waals surface area contributed by atoms with E-state index in [2.05, 4.69) is 34.6 Å². The van der Waals surface area contributed by atoms with Gasteiger partial charge in [-0.05, 0) is 31.6 Å². The van der Waals surface area contributed by atoms with E-state index in [0.29, 0.717) is 25.7 Å². The van der Waals surface area contributed by atoms with Crippen LogP contribution in [0.1, 0.15) is 439 Å². The van der Waals surface area contributed by atoms with Gasteiger partial charge in [-0.25, -0.2) is 9.13 Å². The van der Waals surface area contributed by atoms with Crippen LogP contribution in [0.2, 0.25) is 0 Å². The number of aliphatic hydroxyl groups is 1. The maximum absolute atomic E-state index is 13.1. The number of aliphatic hydroxyl groups excluding tert-OH is 1. The molecular formula is C82H160O17P2. The van der Waals surface area contributed by atoms with E-state index >= 15 is 0 Å². The molecule has 0 aliphatic rings. The maximum Gasteiger partial charge on any atom is 0.472 e. The van der Waals surface area contributed by atoms with Crippen LogP contribution in [0, 0.1) is 5.92 Å². The molecule has 5 atom stereocenters. The summed E-state index contributed by atoms with van der Waals surface area (Å²) >= 11 is 0. The molecule has 0 heterocycles. The van der Waals surface area contributed by atoms with E-state index in [1.807, 2.05) is 0 Å². The third kappa shape index (κ3) is 76.1. The maximum atomic E-state index is 13.1. The zero-order valence-corrected chi connectivity index (χ0v) is 67.8. The highest BCUT2D eigenvalue weighted by Gasteiger charge is 2.30. The lowest BCUT2D eigenvalue weighted by molar-refractivity contribution is -0.161. The smallest absolute Gasteiger partial charge is 0.462 e. The van der Waals surface area contributed by atoms with Crippen LogP contribution >= 0.6 is 15.6 Å². The standard InChI is InChI=1S/C82H160O17P2/c1-6-9-12-15-18-21-23-25-27-29-33-37-41-46-51-56-61-66-80(85)93-72-78(99-82(87)68-63-58-53-48-43-39-35-31-32-36-40-45-49-54-59-64-75(4)5)74-97-101(90,91)95-70-76(83)69-94-100(88,89)96-73-77(71-92-79(84)65-60-55-50-44-20-17-14-11-8-3)98-81(86)67-62-57-52-47-42-38-34-30-28-26-24-22-19-16-13-10-7-2/h75-78,83H,6-74H2,1-5H3,(H,88,89)(H,90,91)/t76-,77+,78+/m0/s1. The highest BCUT2D eigenvalue weighted by atomic mass is 31.2. The SMILES string of the molecule is CCCCCCCCCCCCCCCCCCCC(=O)OC[C@H](COP(=O)(O)OC[C@@H](O)COP(=O)(O)OC[C@@H](COC(=O)CCCCCCCCCCC)OC(=O)CCCCCCCCCCCCCCCCCCC)OC(=O)CCCCCCCCCCCCCCCCCC(C)C. The number of esters is 4. The van der Waals surface area contributed by atoms with E-state index in [9.17, 15) is 43.2 Å². The molecule has 2 unspecified atom stereocenters. The molecular weight excluding hydrogens is 1320 g/mol. The van der Waals surface area contributed by atoms with Crippen LogP contribution in [0.4, 0.5) is 0 Å². The predicted molar refractivity (Wildman–Crippen MR) is 414 cm³/mol. The Morgan fingerprint density at radius 3 is 0.673 bits per heavy atom. The van der Waals surface area contributed by atoms with Gasteiger partial charge in [0.25, 0.3) is 0 Å². The number of rotatable bonds is 82. The van der Waals surface area contributed by atoms with Crippen molar-refractivity contribution in [2.45, 2.75) is 457 Å². The molecule has 0 saturated heterocycles. The van der Waals surface area contributed by atoms with E-state index in [1.165, 1.54) is 263 Å². The molecule has 0 aromatic carbocycles. The average Bonchev–Trinajstić information content (AvgIpc) is 0.959.